The van der Waals surface area contributed by atoms with Crippen molar-refractivity contribution in [2.24, 2.45) is 11.7 Å². The monoisotopic (exact) mass is 193 g/mol. The van der Waals surface area contributed by atoms with Gasteiger partial charge in [-0.15, -0.1) is 0 Å². The van der Waals surface area contributed by atoms with Crippen molar-refractivity contribution in [2.45, 2.75) is 18.9 Å². The van der Waals surface area contributed by atoms with E-state index in [1.165, 1.54) is 20.0 Å². The first kappa shape index (κ1) is 9.34. The van der Waals surface area contributed by atoms with Crippen molar-refractivity contribution in [3.63, 3.8) is 0 Å². The van der Waals surface area contributed by atoms with Crippen molar-refractivity contribution in [3.05, 3.63) is 23.8 Å². The standard InChI is InChI=1S/C11H15NO2/c1-14-10-5-4-8(6-9(10)13)11(12)7-2-3-7/h4-7,11,13H,2-3,12H2,1H3/t11-/m1/s1. The van der Waals surface area contributed by atoms with E-state index in [-0.39, 0.29) is 11.8 Å². The largest absolute Gasteiger partial charge is 0.504 e. The van der Waals surface area contributed by atoms with Gasteiger partial charge in [0.25, 0.3) is 0 Å². The highest BCUT2D eigenvalue weighted by atomic mass is 16.5. The zero-order valence-electron chi connectivity index (χ0n) is 8.23. The maximum absolute atomic E-state index is 9.56. The lowest BCUT2D eigenvalue weighted by Gasteiger charge is -2.12. The minimum absolute atomic E-state index is 0.0619. The number of aromatic hydroxyl groups is 1. The molecule has 0 radical (unpaired) electrons. The molecule has 1 aliphatic carbocycles. The van der Waals surface area contributed by atoms with Crippen molar-refractivity contribution in [1.29, 1.82) is 0 Å². The molecule has 1 aliphatic rings. The normalized spacial score (nSPS) is 17.9. The van der Waals surface area contributed by atoms with Crippen LogP contribution in [0.1, 0.15) is 24.4 Å². The van der Waals surface area contributed by atoms with E-state index < -0.39 is 0 Å². The smallest absolute Gasteiger partial charge is 0.160 e. The molecule has 0 aliphatic heterocycles. The zero-order chi connectivity index (χ0) is 10.1. The molecule has 1 atom stereocenters. The summed E-state index contributed by atoms with van der Waals surface area (Å²) < 4.78 is 4.96. The van der Waals surface area contributed by atoms with Crippen molar-refractivity contribution in [1.82, 2.24) is 0 Å². The second kappa shape index (κ2) is 3.50. The molecule has 3 heteroatoms. The highest BCUT2D eigenvalue weighted by Gasteiger charge is 2.29. The molecule has 1 aromatic rings. The third-order valence-electron chi connectivity index (χ3n) is 2.72. The Morgan fingerprint density at radius 1 is 1.50 bits per heavy atom. The van der Waals surface area contributed by atoms with E-state index in [0.717, 1.165) is 5.56 Å². The van der Waals surface area contributed by atoms with Crippen LogP contribution < -0.4 is 10.5 Å². The maximum atomic E-state index is 9.56. The highest BCUT2D eigenvalue weighted by Crippen LogP contribution is 2.41. The fourth-order valence-electron chi connectivity index (χ4n) is 1.64. The van der Waals surface area contributed by atoms with Gasteiger partial charge in [0.2, 0.25) is 0 Å². The predicted octanol–water partition coefficient (Wildman–Crippen LogP) is 1.81. The Bertz CT molecular complexity index is 334. The van der Waals surface area contributed by atoms with Crippen LogP contribution in [-0.4, -0.2) is 12.2 Å². The molecule has 0 heterocycles. The molecular formula is C11H15NO2. The number of hydrogen-bond donors (Lipinski definition) is 2. The number of benzene rings is 1. The summed E-state index contributed by atoms with van der Waals surface area (Å²) in [5.41, 5.74) is 7.00. The van der Waals surface area contributed by atoms with Crippen LogP contribution in [0.5, 0.6) is 11.5 Å². The quantitative estimate of drug-likeness (QED) is 0.769. The van der Waals surface area contributed by atoms with E-state index in [9.17, 15) is 5.11 Å². The molecule has 14 heavy (non-hydrogen) atoms. The number of hydrogen-bond acceptors (Lipinski definition) is 3. The van der Waals surface area contributed by atoms with Gasteiger partial charge in [0.1, 0.15) is 0 Å². The number of ether oxygens (including phenoxy) is 1. The molecule has 0 saturated heterocycles. The van der Waals surface area contributed by atoms with Crippen molar-refractivity contribution in [2.75, 3.05) is 7.11 Å². The molecule has 0 aromatic heterocycles. The predicted molar refractivity (Wildman–Crippen MR) is 54.3 cm³/mol. The Kier molecular flexibility index (Phi) is 2.33. The zero-order valence-corrected chi connectivity index (χ0v) is 8.23. The second-order valence-electron chi connectivity index (χ2n) is 3.79. The summed E-state index contributed by atoms with van der Waals surface area (Å²) in [6.07, 6.45) is 2.40. The van der Waals surface area contributed by atoms with Crippen molar-refractivity contribution < 1.29 is 9.84 Å². The van der Waals surface area contributed by atoms with E-state index in [0.29, 0.717) is 11.7 Å². The molecule has 1 fully saturated rings. The number of phenolic OH excluding ortho intramolecular Hbond substituents is 1. The lowest BCUT2D eigenvalue weighted by Crippen LogP contribution is -2.12. The summed E-state index contributed by atoms with van der Waals surface area (Å²) in [4.78, 5) is 0. The Hall–Kier alpha value is -1.22. The lowest BCUT2D eigenvalue weighted by molar-refractivity contribution is 0.372. The summed E-state index contributed by atoms with van der Waals surface area (Å²) >= 11 is 0. The molecule has 0 bridgehead atoms. The first-order valence-electron chi connectivity index (χ1n) is 4.85. The number of methoxy groups -OCH3 is 1. The van der Waals surface area contributed by atoms with Gasteiger partial charge in [0.05, 0.1) is 7.11 Å². The third-order valence-corrected chi connectivity index (χ3v) is 2.72. The van der Waals surface area contributed by atoms with Crippen LogP contribution in [0.15, 0.2) is 18.2 Å². The molecule has 76 valence electrons. The molecule has 3 nitrogen and oxygen atoms in total. The van der Waals surface area contributed by atoms with Gasteiger partial charge in [0, 0.05) is 6.04 Å². The van der Waals surface area contributed by atoms with Crippen LogP contribution in [0.25, 0.3) is 0 Å². The molecular weight excluding hydrogens is 178 g/mol. The van der Waals surface area contributed by atoms with Crippen LogP contribution in [0.3, 0.4) is 0 Å². The van der Waals surface area contributed by atoms with Crippen LogP contribution in [0, 0.1) is 5.92 Å². The van der Waals surface area contributed by atoms with Crippen LogP contribution in [0.4, 0.5) is 0 Å². The topological polar surface area (TPSA) is 55.5 Å². The van der Waals surface area contributed by atoms with E-state index in [4.69, 9.17) is 10.5 Å². The first-order chi connectivity index (χ1) is 6.72. The van der Waals surface area contributed by atoms with Crippen LogP contribution in [-0.2, 0) is 0 Å². The second-order valence-corrected chi connectivity index (χ2v) is 3.79. The van der Waals surface area contributed by atoms with Gasteiger partial charge >= 0.3 is 0 Å². The average Bonchev–Trinajstić information content (AvgIpc) is 3.00. The molecule has 3 N–H and O–H groups in total. The van der Waals surface area contributed by atoms with E-state index in [2.05, 4.69) is 0 Å². The molecule has 0 spiro atoms. The van der Waals surface area contributed by atoms with Crippen LogP contribution >= 0.6 is 0 Å². The highest BCUT2D eigenvalue weighted by molar-refractivity contribution is 5.42. The van der Waals surface area contributed by atoms with Gasteiger partial charge in [-0.1, -0.05) is 6.07 Å². The molecule has 0 unspecified atom stereocenters. The SMILES string of the molecule is COc1ccc([C@H](N)C2CC2)cc1O. The summed E-state index contributed by atoms with van der Waals surface area (Å²) in [6.45, 7) is 0. The molecule has 2 rings (SSSR count). The lowest BCUT2D eigenvalue weighted by atomic mass is 10.0. The van der Waals surface area contributed by atoms with Crippen molar-refractivity contribution >= 4 is 0 Å². The van der Waals surface area contributed by atoms with Gasteiger partial charge < -0.3 is 15.6 Å². The van der Waals surface area contributed by atoms with Gasteiger partial charge in [-0.3, -0.25) is 0 Å². The Morgan fingerprint density at radius 3 is 2.71 bits per heavy atom. The van der Waals surface area contributed by atoms with Gasteiger partial charge in [-0.25, -0.2) is 0 Å². The number of rotatable bonds is 3. The molecule has 1 aromatic carbocycles. The Morgan fingerprint density at radius 2 is 2.21 bits per heavy atom. The minimum atomic E-state index is 0.0619. The van der Waals surface area contributed by atoms with Gasteiger partial charge in [-0.05, 0) is 36.5 Å². The third kappa shape index (κ3) is 1.68. The minimum Gasteiger partial charge on any atom is -0.504 e. The number of phenols is 1. The number of nitrogens with two attached hydrogens (primary N) is 1. The van der Waals surface area contributed by atoms with E-state index in [1.807, 2.05) is 6.07 Å². The summed E-state index contributed by atoms with van der Waals surface area (Å²) in [6, 6.07) is 5.43. The first-order valence-corrected chi connectivity index (χ1v) is 4.85. The molecule has 1 saturated carbocycles. The summed E-state index contributed by atoms with van der Waals surface area (Å²) in [7, 11) is 1.54. The van der Waals surface area contributed by atoms with E-state index in [1.54, 1.807) is 12.1 Å². The molecule has 0 amide bonds. The Labute approximate surface area is 83.5 Å². The van der Waals surface area contributed by atoms with Crippen LogP contribution in [0.2, 0.25) is 0 Å². The maximum Gasteiger partial charge on any atom is 0.160 e. The van der Waals surface area contributed by atoms with Gasteiger partial charge in [0.15, 0.2) is 11.5 Å². The van der Waals surface area contributed by atoms with E-state index >= 15 is 0 Å². The average molecular weight is 193 g/mol. The fourth-order valence-corrected chi connectivity index (χ4v) is 1.64. The summed E-state index contributed by atoms with van der Waals surface area (Å²) in [5, 5.41) is 9.56. The summed E-state index contributed by atoms with van der Waals surface area (Å²) in [5.74, 6) is 1.26. The Balaban J connectivity index is 2.22. The van der Waals surface area contributed by atoms with Gasteiger partial charge in [-0.2, -0.15) is 0 Å². The van der Waals surface area contributed by atoms with Crippen molar-refractivity contribution in [3.8, 4) is 11.5 Å². The fraction of sp³-hybridized carbons (Fsp3) is 0.455.